The van der Waals surface area contributed by atoms with Gasteiger partial charge < -0.3 is 4.74 Å². The van der Waals surface area contributed by atoms with Crippen molar-refractivity contribution in [2.75, 3.05) is 0 Å². The summed E-state index contributed by atoms with van der Waals surface area (Å²) in [6, 6.07) is 7.31. The number of halogens is 3. The van der Waals surface area contributed by atoms with Crippen LogP contribution in [0.15, 0.2) is 30.3 Å². The zero-order chi connectivity index (χ0) is 14.0. The summed E-state index contributed by atoms with van der Waals surface area (Å²) < 4.78 is 45.5. The van der Waals surface area contributed by atoms with Crippen molar-refractivity contribution in [2.24, 2.45) is 0 Å². The monoisotopic (exact) mass is 266 g/mol. The van der Waals surface area contributed by atoms with Crippen LogP contribution in [0.1, 0.15) is 16.7 Å². The van der Waals surface area contributed by atoms with Gasteiger partial charge in [0.2, 0.25) is 0 Å². The van der Waals surface area contributed by atoms with E-state index < -0.39 is 17.5 Å². The Labute approximate surface area is 109 Å². The fraction of sp³-hybridized carbons (Fsp3) is 0.200. The third-order valence-electron chi connectivity index (χ3n) is 2.89. The van der Waals surface area contributed by atoms with Gasteiger partial charge in [-0.1, -0.05) is 18.2 Å². The fourth-order valence-electron chi connectivity index (χ4n) is 1.62. The first-order valence-corrected chi connectivity index (χ1v) is 5.81. The quantitative estimate of drug-likeness (QED) is 0.804. The SMILES string of the molecule is Cc1ccc(OCc2ccc(C)c(F)c2F)cc1F. The van der Waals surface area contributed by atoms with E-state index in [-0.39, 0.29) is 23.5 Å². The van der Waals surface area contributed by atoms with Gasteiger partial charge >= 0.3 is 0 Å². The first-order valence-electron chi connectivity index (χ1n) is 5.81. The Hall–Kier alpha value is -1.97. The molecular weight excluding hydrogens is 253 g/mol. The Kier molecular flexibility index (Phi) is 3.79. The number of ether oxygens (including phenoxy) is 1. The minimum Gasteiger partial charge on any atom is -0.489 e. The average Bonchev–Trinajstić information content (AvgIpc) is 2.39. The summed E-state index contributed by atoms with van der Waals surface area (Å²) in [7, 11) is 0. The molecule has 0 spiro atoms. The van der Waals surface area contributed by atoms with Gasteiger partial charge in [0.05, 0.1) is 0 Å². The largest absolute Gasteiger partial charge is 0.489 e. The van der Waals surface area contributed by atoms with Gasteiger partial charge in [-0.05, 0) is 31.0 Å². The molecule has 0 aromatic heterocycles. The maximum absolute atomic E-state index is 13.6. The molecule has 2 aromatic carbocycles. The summed E-state index contributed by atoms with van der Waals surface area (Å²) in [4.78, 5) is 0. The number of benzene rings is 2. The van der Waals surface area contributed by atoms with Crippen molar-refractivity contribution >= 4 is 0 Å². The second-order valence-corrected chi connectivity index (χ2v) is 4.37. The van der Waals surface area contributed by atoms with Crippen molar-refractivity contribution in [2.45, 2.75) is 20.5 Å². The van der Waals surface area contributed by atoms with E-state index in [1.54, 1.807) is 19.1 Å². The molecule has 19 heavy (non-hydrogen) atoms. The smallest absolute Gasteiger partial charge is 0.165 e. The van der Waals surface area contributed by atoms with Gasteiger partial charge in [0, 0.05) is 11.6 Å². The predicted molar refractivity (Wildman–Crippen MR) is 66.6 cm³/mol. The van der Waals surface area contributed by atoms with E-state index in [0.717, 1.165) is 0 Å². The molecule has 0 aliphatic rings. The van der Waals surface area contributed by atoms with Gasteiger partial charge in [-0.25, -0.2) is 13.2 Å². The van der Waals surface area contributed by atoms with Crippen LogP contribution in [0.4, 0.5) is 13.2 Å². The molecule has 0 bridgehead atoms. The standard InChI is InChI=1S/C15H13F3O/c1-9-4-6-12(7-13(9)16)19-8-11-5-3-10(2)14(17)15(11)18/h3-7H,8H2,1-2H3. The Balaban J connectivity index is 2.14. The topological polar surface area (TPSA) is 9.23 Å². The second kappa shape index (κ2) is 5.34. The van der Waals surface area contributed by atoms with Crippen LogP contribution < -0.4 is 4.74 Å². The van der Waals surface area contributed by atoms with Crippen molar-refractivity contribution in [3.05, 3.63) is 64.5 Å². The highest BCUT2D eigenvalue weighted by Gasteiger charge is 2.11. The molecule has 0 amide bonds. The van der Waals surface area contributed by atoms with Crippen LogP contribution in [0.25, 0.3) is 0 Å². The Morgan fingerprint density at radius 1 is 0.895 bits per heavy atom. The molecule has 2 aromatic rings. The lowest BCUT2D eigenvalue weighted by Gasteiger charge is -2.09. The summed E-state index contributed by atoms with van der Waals surface area (Å²) in [6.45, 7) is 2.97. The van der Waals surface area contributed by atoms with Gasteiger partial charge in [-0.15, -0.1) is 0 Å². The Morgan fingerprint density at radius 2 is 1.58 bits per heavy atom. The summed E-state index contributed by atoms with van der Waals surface area (Å²) >= 11 is 0. The normalized spacial score (nSPS) is 10.6. The maximum Gasteiger partial charge on any atom is 0.165 e. The number of hydrogen-bond donors (Lipinski definition) is 0. The van der Waals surface area contributed by atoms with Gasteiger partial charge in [0.1, 0.15) is 18.2 Å². The zero-order valence-electron chi connectivity index (χ0n) is 10.6. The van der Waals surface area contributed by atoms with E-state index in [2.05, 4.69) is 0 Å². The molecule has 0 saturated heterocycles. The van der Waals surface area contributed by atoms with Gasteiger partial charge in [0.15, 0.2) is 11.6 Å². The van der Waals surface area contributed by atoms with Crippen LogP contribution in [-0.4, -0.2) is 0 Å². The van der Waals surface area contributed by atoms with Crippen molar-refractivity contribution < 1.29 is 17.9 Å². The predicted octanol–water partition coefficient (Wildman–Crippen LogP) is 4.30. The molecule has 0 atom stereocenters. The Bertz CT molecular complexity index is 609. The molecule has 0 saturated carbocycles. The minimum atomic E-state index is -0.924. The summed E-state index contributed by atoms with van der Waals surface area (Å²) in [5.74, 6) is -1.92. The van der Waals surface area contributed by atoms with Crippen LogP contribution in [0, 0.1) is 31.3 Å². The average molecular weight is 266 g/mol. The molecular formula is C15H13F3O. The van der Waals surface area contributed by atoms with Crippen LogP contribution in [0.5, 0.6) is 5.75 Å². The zero-order valence-corrected chi connectivity index (χ0v) is 10.6. The molecule has 0 aliphatic carbocycles. The number of aryl methyl sites for hydroxylation is 2. The third-order valence-corrected chi connectivity index (χ3v) is 2.89. The van der Waals surface area contributed by atoms with Crippen LogP contribution >= 0.6 is 0 Å². The van der Waals surface area contributed by atoms with E-state index in [1.165, 1.54) is 25.1 Å². The molecule has 100 valence electrons. The van der Waals surface area contributed by atoms with E-state index >= 15 is 0 Å². The van der Waals surface area contributed by atoms with E-state index in [4.69, 9.17) is 4.74 Å². The van der Waals surface area contributed by atoms with E-state index in [0.29, 0.717) is 5.56 Å². The first-order chi connectivity index (χ1) is 8.99. The highest BCUT2D eigenvalue weighted by molar-refractivity contribution is 5.29. The van der Waals surface area contributed by atoms with Gasteiger partial charge in [0.25, 0.3) is 0 Å². The molecule has 0 radical (unpaired) electrons. The minimum absolute atomic E-state index is 0.101. The van der Waals surface area contributed by atoms with Gasteiger partial charge in [-0.2, -0.15) is 0 Å². The van der Waals surface area contributed by atoms with Crippen LogP contribution in [-0.2, 0) is 6.61 Å². The lowest BCUT2D eigenvalue weighted by molar-refractivity contribution is 0.295. The van der Waals surface area contributed by atoms with Crippen LogP contribution in [0.2, 0.25) is 0 Å². The molecule has 4 heteroatoms. The molecule has 0 aliphatic heterocycles. The highest BCUT2D eigenvalue weighted by Crippen LogP contribution is 2.20. The highest BCUT2D eigenvalue weighted by atomic mass is 19.2. The molecule has 0 heterocycles. The van der Waals surface area contributed by atoms with Crippen molar-refractivity contribution in [3.63, 3.8) is 0 Å². The lowest BCUT2D eigenvalue weighted by atomic mass is 10.1. The fourth-order valence-corrected chi connectivity index (χ4v) is 1.62. The molecule has 0 unspecified atom stereocenters. The van der Waals surface area contributed by atoms with Crippen molar-refractivity contribution in [3.8, 4) is 5.75 Å². The molecule has 0 N–H and O–H groups in total. The summed E-state index contributed by atoms with van der Waals surface area (Å²) in [5.41, 5.74) is 0.839. The van der Waals surface area contributed by atoms with Crippen molar-refractivity contribution in [1.29, 1.82) is 0 Å². The number of rotatable bonds is 3. The summed E-state index contributed by atoms with van der Waals surface area (Å²) in [6.07, 6.45) is 0. The first kappa shape index (κ1) is 13.5. The third kappa shape index (κ3) is 2.89. The Morgan fingerprint density at radius 3 is 2.26 bits per heavy atom. The van der Waals surface area contributed by atoms with Gasteiger partial charge in [-0.3, -0.25) is 0 Å². The van der Waals surface area contributed by atoms with E-state index in [1.807, 2.05) is 0 Å². The van der Waals surface area contributed by atoms with E-state index in [9.17, 15) is 13.2 Å². The van der Waals surface area contributed by atoms with Crippen molar-refractivity contribution in [1.82, 2.24) is 0 Å². The lowest BCUT2D eigenvalue weighted by Crippen LogP contribution is -2.02. The molecule has 0 fully saturated rings. The second-order valence-electron chi connectivity index (χ2n) is 4.37. The maximum atomic E-state index is 13.6. The molecule has 1 nitrogen and oxygen atoms in total. The summed E-state index contributed by atoms with van der Waals surface area (Å²) in [5, 5.41) is 0. The molecule has 2 rings (SSSR count). The van der Waals surface area contributed by atoms with Crippen LogP contribution in [0.3, 0.4) is 0 Å². The number of hydrogen-bond acceptors (Lipinski definition) is 1.